The Morgan fingerprint density at radius 3 is 1.70 bits per heavy atom. The first kappa shape index (κ1) is 25.9. The Labute approximate surface area is 270 Å². The van der Waals surface area contributed by atoms with E-state index in [2.05, 4.69) is 161 Å². The summed E-state index contributed by atoms with van der Waals surface area (Å²) in [6.07, 6.45) is 0. The van der Waals surface area contributed by atoms with Crippen LogP contribution in [0.5, 0.6) is 0 Å². The number of para-hydroxylation sites is 4. The van der Waals surface area contributed by atoms with Crippen LogP contribution in [0, 0.1) is 0 Å². The Morgan fingerprint density at radius 1 is 0.383 bits per heavy atom. The van der Waals surface area contributed by atoms with Crippen molar-refractivity contribution in [2.24, 2.45) is 0 Å². The van der Waals surface area contributed by atoms with Crippen molar-refractivity contribution in [2.75, 3.05) is 0 Å². The van der Waals surface area contributed by atoms with Crippen LogP contribution in [0.4, 0.5) is 0 Å². The lowest BCUT2D eigenvalue weighted by molar-refractivity contribution is 0.669. The Balaban J connectivity index is 1.09. The number of nitrogens with zero attached hydrogens (tertiary/aromatic N) is 3. The van der Waals surface area contributed by atoms with E-state index in [9.17, 15) is 0 Å². The van der Waals surface area contributed by atoms with E-state index in [1.807, 2.05) is 12.1 Å². The molecule has 3 heterocycles. The molecule has 4 nitrogen and oxygen atoms in total. The maximum atomic E-state index is 6.34. The largest absolute Gasteiger partial charge is 0.456 e. The third-order valence-electron chi connectivity index (χ3n) is 9.34. The van der Waals surface area contributed by atoms with Crippen LogP contribution < -0.4 is 0 Å². The number of imidazole rings is 1. The van der Waals surface area contributed by atoms with E-state index in [1.54, 1.807) is 0 Å². The minimum atomic E-state index is 0.886. The van der Waals surface area contributed by atoms with Crippen molar-refractivity contribution >= 4 is 54.8 Å². The summed E-state index contributed by atoms with van der Waals surface area (Å²) in [5, 5.41) is 4.72. The van der Waals surface area contributed by atoms with E-state index < -0.39 is 0 Å². The van der Waals surface area contributed by atoms with E-state index in [0.717, 1.165) is 66.9 Å². The summed E-state index contributed by atoms with van der Waals surface area (Å²) >= 11 is 0. The van der Waals surface area contributed by atoms with Gasteiger partial charge >= 0.3 is 0 Å². The highest BCUT2D eigenvalue weighted by atomic mass is 16.3. The maximum Gasteiger partial charge on any atom is 0.145 e. The molecule has 0 saturated carbocycles. The predicted octanol–water partition coefficient (Wildman–Crippen LogP) is 11.4. The Hall–Kier alpha value is -6.39. The smallest absolute Gasteiger partial charge is 0.145 e. The Morgan fingerprint density at radius 2 is 0.957 bits per heavy atom. The zero-order valence-electron chi connectivity index (χ0n) is 25.3. The molecule has 0 amide bonds. The van der Waals surface area contributed by atoms with Crippen LogP contribution in [0.25, 0.3) is 88.7 Å². The molecule has 3 aromatic heterocycles. The van der Waals surface area contributed by atoms with Gasteiger partial charge in [-0.1, -0.05) is 97.1 Å². The monoisotopic (exact) mass is 601 g/mol. The van der Waals surface area contributed by atoms with Crippen LogP contribution in [-0.2, 0) is 0 Å². The number of furan rings is 1. The van der Waals surface area contributed by atoms with Crippen molar-refractivity contribution in [1.29, 1.82) is 0 Å². The van der Waals surface area contributed by atoms with Gasteiger partial charge in [0.25, 0.3) is 0 Å². The fraction of sp³-hybridized carbons (Fsp3) is 0. The van der Waals surface area contributed by atoms with Gasteiger partial charge in [0.15, 0.2) is 0 Å². The summed E-state index contributed by atoms with van der Waals surface area (Å²) in [5.74, 6) is 0.935. The summed E-state index contributed by atoms with van der Waals surface area (Å²) in [6, 6.07) is 57.8. The summed E-state index contributed by atoms with van der Waals surface area (Å²) in [6.45, 7) is 0. The summed E-state index contributed by atoms with van der Waals surface area (Å²) in [4.78, 5) is 5.01. The molecule has 10 aromatic rings. The van der Waals surface area contributed by atoms with Gasteiger partial charge in [0.1, 0.15) is 17.0 Å². The molecule has 0 bridgehead atoms. The first-order valence-corrected chi connectivity index (χ1v) is 15.9. The summed E-state index contributed by atoms with van der Waals surface area (Å²) < 4.78 is 10.9. The van der Waals surface area contributed by atoms with Crippen LogP contribution in [0.3, 0.4) is 0 Å². The first-order chi connectivity index (χ1) is 23.3. The second-order valence-corrected chi connectivity index (χ2v) is 12.0. The van der Waals surface area contributed by atoms with E-state index in [1.165, 1.54) is 21.8 Å². The highest BCUT2D eigenvalue weighted by Crippen LogP contribution is 2.37. The molecule has 0 aliphatic heterocycles. The Kier molecular flexibility index (Phi) is 5.54. The molecule has 0 N–H and O–H groups in total. The van der Waals surface area contributed by atoms with Crippen molar-refractivity contribution in [1.82, 2.24) is 14.1 Å². The van der Waals surface area contributed by atoms with Crippen LogP contribution in [0.2, 0.25) is 0 Å². The fourth-order valence-corrected chi connectivity index (χ4v) is 7.16. The van der Waals surface area contributed by atoms with Crippen molar-refractivity contribution in [3.8, 4) is 33.9 Å². The Bertz CT molecular complexity index is 2730. The molecule has 0 atom stereocenters. The molecule has 0 radical (unpaired) electrons. The van der Waals surface area contributed by atoms with Crippen molar-refractivity contribution in [3.63, 3.8) is 0 Å². The first-order valence-electron chi connectivity index (χ1n) is 15.9. The number of hydrogen-bond donors (Lipinski definition) is 0. The average Bonchev–Trinajstić information content (AvgIpc) is 3.81. The fourth-order valence-electron chi connectivity index (χ4n) is 7.16. The van der Waals surface area contributed by atoms with E-state index in [0.29, 0.717) is 0 Å². The molecular formula is C43H27N3O. The quantitative estimate of drug-likeness (QED) is 0.201. The van der Waals surface area contributed by atoms with Crippen molar-refractivity contribution < 1.29 is 4.42 Å². The van der Waals surface area contributed by atoms with E-state index in [-0.39, 0.29) is 0 Å². The molecule has 4 heteroatoms. The van der Waals surface area contributed by atoms with Gasteiger partial charge in [-0.15, -0.1) is 0 Å². The van der Waals surface area contributed by atoms with Gasteiger partial charge in [-0.05, 0) is 77.9 Å². The third-order valence-corrected chi connectivity index (χ3v) is 9.34. The normalized spacial score (nSPS) is 11.8. The van der Waals surface area contributed by atoms with Crippen LogP contribution in [0.15, 0.2) is 168 Å². The van der Waals surface area contributed by atoms with Crippen LogP contribution in [-0.4, -0.2) is 14.1 Å². The van der Waals surface area contributed by atoms with Gasteiger partial charge in [-0.3, -0.25) is 4.57 Å². The van der Waals surface area contributed by atoms with Gasteiger partial charge in [-0.25, -0.2) is 4.98 Å². The average molecular weight is 602 g/mol. The molecule has 47 heavy (non-hydrogen) atoms. The van der Waals surface area contributed by atoms with E-state index in [4.69, 9.17) is 9.40 Å². The van der Waals surface area contributed by atoms with Crippen LogP contribution in [0.1, 0.15) is 0 Å². The molecule has 7 aromatic carbocycles. The highest BCUT2D eigenvalue weighted by molar-refractivity contribution is 6.11. The van der Waals surface area contributed by atoms with Gasteiger partial charge in [0.2, 0.25) is 0 Å². The molecule has 0 aliphatic carbocycles. The number of aromatic nitrogens is 3. The zero-order chi connectivity index (χ0) is 30.9. The predicted molar refractivity (Wildman–Crippen MR) is 194 cm³/mol. The second kappa shape index (κ2) is 10.1. The zero-order valence-corrected chi connectivity index (χ0v) is 25.3. The van der Waals surface area contributed by atoms with Crippen LogP contribution >= 0.6 is 0 Å². The number of hydrogen-bond acceptors (Lipinski definition) is 2. The van der Waals surface area contributed by atoms with Gasteiger partial charge in [-0.2, -0.15) is 0 Å². The number of benzene rings is 7. The van der Waals surface area contributed by atoms with Crippen molar-refractivity contribution in [2.45, 2.75) is 0 Å². The summed E-state index contributed by atoms with van der Waals surface area (Å²) in [7, 11) is 0. The maximum absolute atomic E-state index is 6.34. The molecule has 0 unspecified atom stereocenters. The molecule has 0 aliphatic rings. The molecular weight excluding hydrogens is 574 g/mol. The van der Waals surface area contributed by atoms with Gasteiger partial charge in [0, 0.05) is 38.5 Å². The molecule has 10 rings (SSSR count). The highest BCUT2D eigenvalue weighted by Gasteiger charge is 2.16. The second-order valence-electron chi connectivity index (χ2n) is 12.0. The van der Waals surface area contributed by atoms with Gasteiger partial charge < -0.3 is 8.98 Å². The topological polar surface area (TPSA) is 35.9 Å². The number of rotatable bonds is 4. The lowest BCUT2D eigenvalue weighted by Crippen LogP contribution is -1.97. The molecule has 220 valence electrons. The molecule has 0 fully saturated rings. The number of fused-ring (bicyclic) bond motifs is 7. The standard InChI is InChI=1S/C43H27N3O/c1-2-10-29(11-3-1)43-44-37-14-6-9-17-40(37)46(43)31-21-18-28(19-22-31)30-20-24-41-35(26-30)36-27-32(23-25-42(36)47-41)45-38-15-7-4-12-33(38)34-13-5-8-16-39(34)45/h1-27H. The lowest BCUT2D eigenvalue weighted by atomic mass is 10.0. The minimum absolute atomic E-state index is 0.886. The minimum Gasteiger partial charge on any atom is -0.456 e. The van der Waals surface area contributed by atoms with Crippen molar-refractivity contribution in [3.05, 3.63) is 164 Å². The van der Waals surface area contributed by atoms with Gasteiger partial charge in [0.05, 0.1) is 22.1 Å². The SMILES string of the molecule is c1ccc(-c2nc3ccccc3n2-c2ccc(-c3ccc4oc5ccc(-n6c7ccccc7c7ccccc76)cc5c4c3)cc2)cc1. The van der Waals surface area contributed by atoms with E-state index >= 15 is 0 Å². The molecule has 0 spiro atoms. The third kappa shape index (κ3) is 3.98. The molecule has 0 saturated heterocycles. The lowest BCUT2D eigenvalue weighted by Gasteiger charge is -2.11. The summed E-state index contributed by atoms with van der Waals surface area (Å²) in [5.41, 5.74) is 11.8.